The Kier molecular flexibility index (Phi) is 5.46. The van der Waals surface area contributed by atoms with Gasteiger partial charge >= 0.3 is 0 Å². The van der Waals surface area contributed by atoms with E-state index in [0.717, 1.165) is 19.0 Å². The summed E-state index contributed by atoms with van der Waals surface area (Å²) < 4.78 is 0. The van der Waals surface area contributed by atoms with Crippen LogP contribution in [-0.2, 0) is 0 Å². The minimum atomic E-state index is 0.517. The molecule has 3 nitrogen and oxygen atoms in total. The Labute approximate surface area is 126 Å². The third kappa shape index (κ3) is 3.75. The largest absolute Gasteiger partial charge is 0.356 e. The van der Waals surface area contributed by atoms with E-state index in [1.807, 2.05) is 7.05 Å². The topological polar surface area (TPSA) is 36.4 Å². The molecule has 1 unspecified atom stereocenters. The molecular weight excluding hydrogens is 266 g/mol. The van der Waals surface area contributed by atoms with E-state index < -0.39 is 0 Å². The van der Waals surface area contributed by atoms with Crippen LogP contribution in [0, 0.1) is 5.41 Å². The molecule has 0 aromatic carbocycles. The second kappa shape index (κ2) is 7.11. The Bertz CT molecular complexity index is 415. The molecule has 2 rings (SSSR count). The number of aliphatic imine (C=N–C) groups is 1. The zero-order valence-electron chi connectivity index (χ0n) is 12.9. The van der Waals surface area contributed by atoms with Crippen LogP contribution in [0.3, 0.4) is 0 Å². The first-order valence-corrected chi connectivity index (χ1v) is 8.60. The van der Waals surface area contributed by atoms with E-state index in [0.29, 0.717) is 11.3 Å². The minimum absolute atomic E-state index is 0.517. The fourth-order valence-electron chi connectivity index (χ4n) is 2.75. The highest BCUT2D eigenvalue weighted by atomic mass is 32.1. The van der Waals surface area contributed by atoms with Crippen molar-refractivity contribution in [1.29, 1.82) is 0 Å². The van der Waals surface area contributed by atoms with Gasteiger partial charge in [0.2, 0.25) is 0 Å². The highest BCUT2D eigenvalue weighted by Gasteiger charge is 2.34. The summed E-state index contributed by atoms with van der Waals surface area (Å²) in [6, 6.07) is 2.20. The van der Waals surface area contributed by atoms with Crippen molar-refractivity contribution < 1.29 is 0 Å². The molecule has 1 aliphatic rings. The van der Waals surface area contributed by atoms with Crippen molar-refractivity contribution in [3.63, 3.8) is 0 Å². The van der Waals surface area contributed by atoms with Gasteiger partial charge in [-0.25, -0.2) is 0 Å². The van der Waals surface area contributed by atoms with Crippen molar-refractivity contribution in [2.45, 2.75) is 45.4 Å². The summed E-state index contributed by atoms with van der Waals surface area (Å²) in [5, 5.41) is 11.3. The van der Waals surface area contributed by atoms with E-state index in [9.17, 15) is 0 Å². The van der Waals surface area contributed by atoms with E-state index in [4.69, 9.17) is 0 Å². The SMILES string of the molecule is CCC1(CNC(=NC)NCC(C)c2ccsc2)CCC1. The fraction of sp³-hybridized carbons (Fsp3) is 0.688. The lowest BCUT2D eigenvalue weighted by atomic mass is 9.67. The number of rotatable bonds is 6. The molecule has 1 aromatic heterocycles. The van der Waals surface area contributed by atoms with Crippen molar-refractivity contribution in [3.8, 4) is 0 Å². The average Bonchev–Trinajstić information content (AvgIpc) is 2.95. The van der Waals surface area contributed by atoms with Gasteiger partial charge in [-0.15, -0.1) is 0 Å². The number of thiophene rings is 1. The van der Waals surface area contributed by atoms with Gasteiger partial charge in [0.25, 0.3) is 0 Å². The molecule has 2 N–H and O–H groups in total. The molecule has 0 radical (unpaired) electrons. The summed E-state index contributed by atoms with van der Waals surface area (Å²) in [7, 11) is 1.85. The van der Waals surface area contributed by atoms with Crippen molar-refractivity contribution in [2.75, 3.05) is 20.1 Å². The summed E-state index contributed by atoms with van der Waals surface area (Å²) in [5.74, 6) is 1.45. The maximum absolute atomic E-state index is 4.33. The molecule has 1 atom stereocenters. The lowest BCUT2D eigenvalue weighted by Crippen LogP contribution is -2.46. The first-order chi connectivity index (χ1) is 9.69. The maximum atomic E-state index is 4.33. The van der Waals surface area contributed by atoms with E-state index in [-0.39, 0.29) is 0 Å². The number of hydrogen-bond acceptors (Lipinski definition) is 2. The predicted molar refractivity (Wildman–Crippen MR) is 88.7 cm³/mol. The van der Waals surface area contributed by atoms with Gasteiger partial charge in [0.05, 0.1) is 0 Å². The van der Waals surface area contributed by atoms with Crippen LogP contribution in [0.5, 0.6) is 0 Å². The molecule has 4 heteroatoms. The number of hydrogen-bond donors (Lipinski definition) is 2. The third-order valence-electron chi connectivity index (χ3n) is 4.71. The minimum Gasteiger partial charge on any atom is -0.356 e. The first-order valence-electron chi connectivity index (χ1n) is 7.66. The predicted octanol–water partition coefficient (Wildman–Crippen LogP) is 3.60. The second-order valence-electron chi connectivity index (χ2n) is 5.97. The van der Waals surface area contributed by atoms with Gasteiger partial charge in [0.15, 0.2) is 5.96 Å². The molecule has 0 bridgehead atoms. The summed E-state index contributed by atoms with van der Waals surface area (Å²) in [4.78, 5) is 4.33. The van der Waals surface area contributed by atoms with Gasteiger partial charge in [-0.3, -0.25) is 4.99 Å². The van der Waals surface area contributed by atoms with Gasteiger partial charge in [0, 0.05) is 20.1 Å². The monoisotopic (exact) mass is 293 g/mol. The quantitative estimate of drug-likeness (QED) is 0.621. The molecule has 112 valence electrons. The first kappa shape index (κ1) is 15.4. The highest BCUT2D eigenvalue weighted by Crippen LogP contribution is 2.42. The van der Waals surface area contributed by atoms with Crippen LogP contribution >= 0.6 is 11.3 Å². The van der Waals surface area contributed by atoms with E-state index in [1.165, 1.54) is 31.2 Å². The van der Waals surface area contributed by atoms with Gasteiger partial charge in [0.1, 0.15) is 0 Å². The summed E-state index contributed by atoms with van der Waals surface area (Å²) in [6.07, 6.45) is 5.37. The zero-order chi connectivity index (χ0) is 14.4. The van der Waals surface area contributed by atoms with Crippen LogP contribution in [0.1, 0.15) is 51.0 Å². The van der Waals surface area contributed by atoms with E-state index >= 15 is 0 Å². The van der Waals surface area contributed by atoms with E-state index in [1.54, 1.807) is 11.3 Å². The molecule has 0 aliphatic heterocycles. The molecule has 0 saturated heterocycles. The summed E-state index contributed by atoms with van der Waals surface area (Å²) in [5.41, 5.74) is 1.93. The Morgan fingerprint density at radius 3 is 2.75 bits per heavy atom. The average molecular weight is 293 g/mol. The van der Waals surface area contributed by atoms with Crippen molar-refractivity contribution in [2.24, 2.45) is 10.4 Å². The van der Waals surface area contributed by atoms with Gasteiger partial charge in [-0.1, -0.05) is 20.3 Å². The Morgan fingerprint density at radius 2 is 2.25 bits per heavy atom. The molecule has 0 spiro atoms. The fourth-order valence-corrected chi connectivity index (χ4v) is 3.53. The molecule has 1 saturated carbocycles. The van der Waals surface area contributed by atoms with Gasteiger partial charge < -0.3 is 10.6 Å². The van der Waals surface area contributed by atoms with Crippen molar-refractivity contribution in [3.05, 3.63) is 22.4 Å². The Morgan fingerprint density at radius 1 is 1.45 bits per heavy atom. The number of guanidine groups is 1. The normalized spacial score (nSPS) is 19.2. The molecule has 20 heavy (non-hydrogen) atoms. The van der Waals surface area contributed by atoms with Crippen molar-refractivity contribution >= 4 is 17.3 Å². The number of nitrogens with zero attached hydrogens (tertiary/aromatic N) is 1. The summed E-state index contributed by atoms with van der Waals surface area (Å²) >= 11 is 1.76. The highest BCUT2D eigenvalue weighted by molar-refractivity contribution is 7.07. The zero-order valence-corrected chi connectivity index (χ0v) is 13.7. The van der Waals surface area contributed by atoms with Crippen LogP contribution < -0.4 is 10.6 Å². The molecule has 1 heterocycles. The van der Waals surface area contributed by atoms with Crippen LogP contribution in [0.15, 0.2) is 21.8 Å². The Hall–Kier alpha value is -1.03. The van der Waals surface area contributed by atoms with Crippen LogP contribution in [0.4, 0.5) is 0 Å². The molecule has 1 fully saturated rings. The van der Waals surface area contributed by atoms with Crippen LogP contribution in [-0.4, -0.2) is 26.1 Å². The summed E-state index contributed by atoms with van der Waals surface area (Å²) in [6.45, 7) is 6.53. The standard InChI is InChI=1S/C16H27N3S/c1-4-16(7-5-8-16)12-19-15(17-3)18-10-13(2)14-6-9-20-11-14/h6,9,11,13H,4-5,7-8,10,12H2,1-3H3,(H2,17,18,19). The lowest BCUT2D eigenvalue weighted by molar-refractivity contribution is 0.131. The molecule has 0 amide bonds. The second-order valence-corrected chi connectivity index (χ2v) is 6.75. The van der Waals surface area contributed by atoms with E-state index in [2.05, 4.69) is 46.3 Å². The smallest absolute Gasteiger partial charge is 0.191 e. The molecular formula is C16H27N3S. The maximum Gasteiger partial charge on any atom is 0.191 e. The van der Waals surface area contributed by atoms with Crippen LogP contribution in [0.25, 0.3) is 0 Å². The molecule has 1 aromatic rings. The third-order valence-corrected chi connectivity index (χ3v) is 5.41. The van der Waals surface area contributed by atoms with Gasteiger partial charge in [-0.05, 0) is 53.0 Å². The lowest BCUT2D eigenvalue weighted by Gasteiger charge is -2.41. The number of nitrogens with one attached hydrogen (secondary N) is 2. The van der Waals surface area contributed by atoms with Crippen molar-refractivity contribution in [1.82, 2.24) is 10.6 Å². The Balaban J connectivity index is 1.75. The molecule has 1 aliphatic carbocycles. The van der Waals surface area contributed by atoms with Crippen LogP contribution in [0.2, 0.25) is 0 Å². The van der Waals surface area contributed by atoms with Gasteiger partial charge in [-0.2, -0.15) is 11.3 Å².